The molecule has 28 heavy (non-hydrogen) atoms. The van der Waals surface area contributed by atoms with E-state index in [1.807, 2.05) is 13.8 Å². The van der Waals surface area contributed by atoms with Crippen molar-refractivity contribution < 1.29 is 22.3 Å². The van der Waals surface area contributed by atoms with Crippen molar-refractivity contribution in [2.24, 2.45) is 16.8 Å². The highest BCUT2D eigenvalue weighted by atomic mass is 32.2. The molecule has 1 aromatic rings. The molecule has 2 heterocycles. The quantitative estimate of drug-likeness (QED) is 0.718. The molecule has 0 N–H and O–H groups in total. The minimum atomic E-state index is -3.50. The third-order valence-corrected chi connectivity index (χ3v) is 6.44. The fourth-order valence-electron chi connectivity index (χ4n) is 4.07. The molecule has 0 saturated carbocycles. The van der Waals surface area contributed by atoms with Crippen molar-refractivity contribution >= 4 is 21.8 Å². The highest BCUT2D eigenvalue weighted by Crippen LogP contribution is 2.45. The molecule has 2 unspecified atom stereocenters. The van der Waals surface area contributed by atoms with E-state index in [0.717, 1.165) is 5.56 Å². The van der Waals surface area contributed by atoms with Crippen LogP contribution in [-0.2, 0) is 19.6 Å². The molecule has 0 spiro atoms. The van der Waals surface area contributed by atoms with Gasteiger partial charge in [0, 0.05) is 18.4 Å². The number of carbonyl (C=O) groups excluding carboxylic acids is 1. The highest BCUT2D eigenvalue weighted by molar-refractivity contribution is 7.88. The van der Waals surface area contributed by atoms with Gasteiger partial charge in [0.2, 0.25) is 10.0 Å². The number of nitrogens with zero attached hydrogens (tertiary/aromatic N) is 2. The van der Waals surface area contributed by atoms with Crippen LogP contribution in [0.2, 0.25) is 0 Å². The first kappa shape index (κ1) is 20.5. The van der Waals surface area contributed by atoms with Crippen LogP contribution in [0.5, 0.6) is 0 Å². The van der Waals surface area contributed by atoms with Gasteiger partial charge in [-0.2, -0.15) is 0 Å². The molecule has 0 amide bonds. The Morgan fingerprint density at radius 1 is 1.29 bits per heavy atom. The standard InChI is InChI=1S/C20H25FN2O4S/c1-12(2)18-17(20(24)27-3)16(13-7-9-14(21)10-8-13)15-6-5-11-23(19(15)22-18)28(4,25)26/h7-10,12,15-16H,5-6,11H2,1-4H3. The number of rotatable bonds is 4. The molecule has 1 fully saturated rings. The Labute approximate surface area is 165 Å². The van der Waals surface area contributed by atoms with Gasteiger partial charge in [-0.15, -0.1) is 0 Å². The summed E-state index contributed by atoms with van der Waals surface area (Å²) in [6.45, 7) is 4.17. The normalized spacial score (nSPS) is 22.8. The topological polar surface area (TPSA) is 76.0 Å². The molecule has 0 aliphatic carbocycles. The summed E-state index contributed by atoms with van der Waals surface area (Å²) in [5, 5.41) is 0. The largest absolute Gasteiger partial charge is 0.466 e. The molecule has 0 aromatic heterocycles. The van der Waals surface area contributed by atoms with Crippen molar-refractivity contribution in [1.82, 2.24) is 4.31 Å². The van der Waals surface area contributed by atoms with E-state index in [2.05, 4.69) is 4.99 Å². The van der Waals surface area contributed by atoms with E-state index in [-0.39, 0.29) is 17.7 Å². The Hall–Kier alpha value is -2.22. The molecule has 2 aliphatic rings. The number of hydrogen-bond acceptors (Lipinski definition) is 5. The van der Waals surface area contributed by atoms with Crippen LogP contribution in [0.3, 0.4) is 0 Å². The summed E-state index contributed by atoms with van der Waals surface area (Å²) in [6, 6.07) is 5.98. The van der Waals surface area contributed by atoms with Gasteiger partial charge in [-0.25, -0.2) is 22.6 Å². The van der Waals surface area contributed by atoms with Crippen molar-refractivity contribution in [3.05, 3.63) is 46.9 Å². The van der Waals surface area contributed by atoms with Crippen molar-refractivity contribution in [1.29, 1.82) is 0 Å². The number of piperidine rings is 1. The van der Waals surface area contributed by atoms with Crippen molar-refractivity contribution in [3.63, 3.8) is 0 Å². The number of esters is 1. The molecule has 8 heteroatoms. The number of aliphatic imine (C=N–C) groups is 1. The Morgan fingerprint density at radius 2 is 1.93 bits per heavy atom. The summed E-state index contributed by atoms with van der Waals surface area (Å²) < 4.78 is 44.6. The summed E-state index contributed by atoms with van der Waals surface area (Å²) >= 11 is 0. The van der Waals surface area contributed by atoms with Crippen molar-refractivity contribution in [2.45, 2.75) is 32.6 Å². The van der Waals surface area contributed by atoms with Crippen molar-refractivity contribution in [3.8, 4) is 0 Å². The van der Waals surface area contributed by atoms with Crippen molar-refractivity contribution in [2.75, 3.05) is 19.9 Å². The van der Waals surface area contributed by atoms with Crippen LogP contribution < -0.4 is 0 Å². The summed E-state index contributed by atoms with van der Waals surface area (Å²) in [6.07, 6.45) is 2.50. The molecule has 0 bridgehead atoms. The number of allylic oxidation sites excluding steroid dienone is 1. The van der Waals surface area contributed by atoms with Crippen LogP contribution in [0, 0.1) is 17.7 Å². The molecule has 152 valence electrons. The number of methoxy groups -OCH3 is 1. The maximum Gasteiger partial charge on any atom is 0.336 e. The molecule has 2 aliphatic heterocycles. The van der Waals surface area contributed by atoms with Gasteiger partial charge in [0.15, 0.2) is 0 Å². The lowest BCUT2D eigenvalue weighted by Gasteiger charge is -2.42. The van der Waals surface area contributed by atoms with Crippen LogP contribution in [-0.4, -0.2) is 44.4 Å². The third-order valence-electron chi connectivity index (χ3n) is 5.27. The Bertz CT molecular complexity index is 935. The lowest BCUT2D eigenvalue weighted by Crippen LogP contribution is -2.48. The fraction of sp³-hybridized carbons (Fsp3) is 0.500. The zero-order chi connectivity index (χ0) is 20.6. The average Bonchev–Trinajstić information content (AvgIpc) is 2.65. The van der Waals surface area contributed by atoms with E-state index >= 15 is 0 Å². The molecule has 2 atom stereocenters. The van der Waals surface area contributed by atoms with E-state index in [9.17, 15) is 17.6 Å². The average molecular weight is 408 g/mol. The molecular formula is C20H25FN2O4S. The molecule has 3 rings (SSSR count). The van der Waals surface area contributed by atoms with Gasteiger partial charge in [-0.1, -0.05) is 26.0 Å². The van der Waals surface area contributed by atoms with Crippen LogP contribution >= 0.6 is 0 Å². The Morgan fingerprint density at radius 3 is 2.46 bits per heavy atom. The second kappa shape index (κ2) is 7.66. The smallest absolute Gasteiger partial charge is 0.336 e. The van der Waals surface area contributed by atoms with E-state index in [0.29, 0.717) is 36.5 Å². The van der Waals surface area contributed by atoms with Gasteiger partial charge in [-0.05, 0) is 36.5 Å². The first-order valence-corrected chi connectivity index (χ1v) is 11.1. The number of fused-ring (bicyclic) bond motifs is 1. The molecular weight excluding hydrogens is 383 g/mol. The number of amidine groups is 1. The number of sulfonamides is 1. The van der Waals surface area contributed by atoms with Crippen LogP contribution in [0.1, 0.15) is 38.2 Å². The minimum Gasteiger partial charge on any atom is -0.466 e. The van der Waals surface area contributed by atoms with E-state index in [1.54, 1.807) is 12.1 Å². The first-order chi connectivity index (χ1) is 13.1. The van der Waals surface area contributed by atoms with Gasteiger partial charge >= 0.3 is 5.97 Å². The van der Waals surface area contributed by atoms with Gasteiger partial charge in [0.1, 0.15) is 11.7 Å². The van der Waals surface area contributed by atoms with E-state index in [4.69, 9.17) is 4.74 Å². The lowest BCUT2D eigenvalue weighted by atomic mass is 9.73. The zero-order valence-corrected chi connectivity index (χ0v) is 17.3. The van der Waals surface area contributed by atoms with Crippen LogP contribution in [0.25, 0.3) is 0 Å². The van der Waals surface area contributed by atoms with E-state index < -0.39 is 21.9 Å². The number of carbonyl (C=O) groups is 1. The first-order valence-electron chi connectivity index (χ1n) is 9.29. The monoisotopic (exact) mass is 408 g/mol. The van der Waals surface area contributed by atoms with Gasteiger partial charge in [-0.3, -0.25) is 4.31 Å². The van der Waals surface area contributed by atoms with Gasteiger partial charge < -0.3 is 4.74 Å². The Kier molecular flexibility index (Phi) is 5.61. The number of benzene rings is 1. The van der Waals surface area contributed by atoms with E-state index in [1.165, 1.54) is 29.8 Å². The summed E-state index contributed by atoms with van der Waals surface area (Å²) in [7, 11) is -2.18. The molecule has 6 nitrogen and oxygen atoms in total. The predicted octanol–water partition coefficient (Wildman–Crippen LogP) is 3.08. The fourth-order valence-corrected chi connectivity index (χ4v) is 5.05. The second-order valence-corrected chi connectivity index (χ2v) is 9.44. The van der Waals surface area contributed by atoms with Crippen LogP contribution in [0.15, 0.2) is 40.5 Å². The van der Waals surface area contributed by atoms with Crippen LogP contribution in [0.4, 0.5) is 4.39 Å². The summed E-state index contributed by atoms with van der Waals surface area (Å²) in [5.41, 5.74) is 1.68. The maximum atomic E-state index is 13.5. The SMILES string of the molecule is COC(=O)C1=C(C(C)C)N=C2C(CCCN2S(C)(=O)=O)C1c1ccc(F)cc1. The Balaban J connectivity index is 2.27. The molecule has 0 radical (unpaired) electrons. The number of ether oxygens (including phenoxy) is 1. The number of hydrogen-bond donors (Lipinski definition) is 0. The second-order valence-electron chi connectivity index (χ2n) is 7.53. The summed E-state index contributed by atoms with van der Waals surface area (Å²) in [5.74, 6) is -1.26. The lowest BCUT2D eigenvalue weighted by molar-refractivity contribution is -0.136. The highest BCUT2D eigenvalue weighted by Gasteiger charge is 2.45. The molecule has 1 saturated heterocycles. The zero-order valence-electron chi connectivity index (χ0n) is 16.5. The maximum absolute atomic E-state index is 13.5. The molecule has 1 aromatic carbocycles. The number of halogens is 1. The van der Waals surface area contributed by atoms with Gasteiger partial charge in [0.25, 0.3) is 0 Å². The van der Waals surface area contributed by atoms with Gasteiger partial charge in [0.05, 0.1) is 24.6 Å². The predicted molar refractivity (Wildman–Crippen MR) is 105 cm³/mol. The third kappa shape index (κ3) is 3.70. The minimum absolute atomic E-state index is 0.117. The summed E-state index contributed by atoms with van der Waals surface area (Å²) in [4.78, 5) is 17.4.